The Labute approximate surface area is 108 Å². The predicted molar refractivity (Wildman–Crippen MR) is 66.4 cm³/mol. The summed E-state index contributed by atoms with van der Waals surface area (Å²) in [4.78, 5) is 23.3. The molecule has 0 saturated heterocycles. The van der Waals surface area contributed by atoms with Crippen molar-refractivity contribution in [2.45, 2.75) is 6.92 Å². The second-order valence-corrected chi connectivity index (χ2v) is 4.36. The molecule has 0 heterocycles. The minimum atomic E-state index is -1.30. The minimum Gasteiger partial charge on any atom is -0.358 e. The quantitative estimate of drug-likeness (QED) is 0.683. The highest BCUT2D eigenvalue weighted by Gasteiger charge is 2.26. The maximum Gasteiger partial charge on any atom is 0.245 e. The van der Waals surface area contributed by atoms with E-state index in [1.807, 2.05) is 6.92 Å². The molecular weight excluding hydrogens is 284 g/mol. The second-order valence-electron chi connectivity index (χ2n) is 3.50. The average molecular weight is 295 g/mol. The van der Waals surface area contributed by atoms with Gasteiger partial charge >= 0.3 is 0 Å². The molecule has 1 aromatic carbocycles. The number of nitrogens with one attached hydrogen (secondary N) is 1. The molecule has 0 aromatic heterocycles. The molecule has 17 heavy (non-hydrogen) atoms. The summed E-state index contributed by atoms with van der Waals surface area (Å²) in [7, 11) is 1.39. The van der Waals surface area contributed by atoms with E-state index in [4.69, 9.17) is 5.26 Å². The van der Waals surface area contributed by atoms with Crippen LogP contribution in [-0.4, -0.2) is 18.7 Å². The highest BCUT2D eigenvalue weighted by atomic mass is 79.9. The Balaban J connectivity index is 3.07. The summed E-state index contributed by atoms with van der Waals surface area (Å²) in [5, 5.41) is 11.1. The van der Waals surface area contributed by atoms with Crippen LogP contribution in [0.5, 0.6) is 0 Å². The number of halogens is 1. The van der Waals surface area contributed by atoms with E-state index in [2.05, 4.69) is 21.2 Å². The van der Waals surface area contributed by atoms with Crippen molar-refractivity contribution in [1.82, 2.24) is 5.32 Å². The fourth-order valence-corrected chi connectivity index (χ4v) is 1.67. The molecule has 1 N–H and O–H groups in total. The van der Waals surface area contributed by atoms with Gasteiger partial charge in [-0.25, -0.2) is 0 Å². The monoisotopic (exact) mass is 294 g/mol. The number of aryl methyl sites for hydroxylation is 1. The molecule has 1 aromatic rings. The molecule has 88 valence electrons. The first-order valence-corrected chi connectivity index (χ1v) is 5.72. The molecule has 0 radical (unpaired) electrons. The molecule has 5 heteroatoms. The van der Waals surface area contributed by atoms with Crippen molar-refractivity contribution < 1.29 is 9.59 Å². The maximum absolute atomic E-state index is 11.9. The van der Waals surface area contributed by atoms with Gasteiger partial charge < -0.3 is 5.32 Å². The normalized spacial score (nSPS) is 11.4. The molecule has 0 fully saturated rings. The average Bonchev–Trinajstić information content (AvgIpc) is 2.33. The third kappa shape index (κ3) is 2.92. The SMILES string of the molecule is CNC(=O)C(C#N)C(=O)c1ccc(C)c(Br)c1. The van der Waals surface area contributed by atoms with Gasteiger partial charge in [0.2, 0.25) is 5.91 Å². The lowest BCUT2D eigenvalue weighted by molar-refractivity contribution is -0.121. The molecule has 4 nitrogen and oxygen atoms in total. The van der Waals surface area contributed by atoms with Crippen LogP contribution in [-0.2, 0) is 4.79 Å². The minimum absolute atomic E-state index is 0.345. The largest absolute Gasteiger partial charge is 0.358 e. The second kappa shape index (κ2) is 5.60. The molecule has 0 bridgehead atoms. The number of Topliss-reactive ketones (excluding diaryl/α,β-unsaturated/α-hetero) is 1. The van der Waals surface area contributed by atoms with Gasteiger partial charge in [-0.15, -0.1) is 0 Å². The third-order valence-electron chi connectivity index (χ3n) is 2.36. The summed E-state index contributed by atoms with van der Waals surface area (Å²) in [6.45, 7) is 1.89. The van der Waals surface area contributed by atoms with Crippen LogP contribution in [0.25, 0.3) is 0 Å². The molecule has 0 spiro atoms. The van der Waals surface area contributed by atoms with Gasteiger partial charge in [-0.3, -0.25) is 9.59 Å². The zero-order valence-electron chi connectivity index (χ0n) is 9.45. The van der Waals surface area contributed by atoms with Gasteiger partial charge in [-0.1, -0.05) is 28.1 Å². The highest BCUT2D eigenvalue weighted by Crippen LogP contribution is 2.19. The Kier molecular flexibility index (Phi) is 4.41. The van der Waals surface area contributed by atoms with Crippen molar-refractivity contribution in [3.05, 3.63) is 33.8 Å². The third-order valence-corrected chi connectivity index (χ3v) is 3.21. The van der Waals surface area contributed by atoms with Crippen molar-refractivity contribution in [2.24, 2.45) is 5.92 Å². The Bertz CT molecular complexity index is 506. The summed E-state index contributed by atoms with van der Waals surface area (Å²) in [6.07, 6.45) is 0. The number of hydrogen-bond donors (Lipinski definition) is 1. The zero-order valence-corrected chi connectivity index (χ0v) is 11.0. The van der Waals surface area contributed by atoms with E-state index < -0.39 is 17.6 Å². The number of ketones is 1. The fourth-order valence-electron chi connectivity index (χ4n) is 1.29. The number of nitrogens with zero attached hydrogens (tertiary/aromatic N) is 1. The molecule has 1 rings (SSSR count). The molecule has 0 aliphatic rings. The summed E-state index contributed by atoms with van der Waals surface area (Å²) in [5.41, 5.74) is 1.33. The van der Waals surface area contributed by atoms with Crippen LogP contribution in [0.1, 0.15) is 15.9 Å². The molecule has 1 atom stereocenters. The smallest absolute Gasteiger partial charge is 0.245 e. The molecule has 0 aliphatic carbocycles. The summed E-state index contributed by atoms with van der Waals surface area (Å²) in [5.74, 6) is -2.38. The number of rotatable bonds is 3. The maximum atomic E-state index is 11.9. The Morgan fingerprint density at radius 2 is 2.12 bits per heavy atom. The first-order chi connectivity index (χ1) is 8.01. The van der Waals surface area contributed by atoms with Gasteiger partial charge in [0.15, 0.2) is 11.7 Å². The number of benzene rings is 1. The topological polar surface area (TPSA) is 70.0 Å². The first-order valence-electron chi connectivity index (χ1n) is 4.92. The molecule has 0 saturated carbocycles. The highest BCUT2D eigenvalue weighted by molar-refractivity contribution is 9.10. The fraction of sp³-hybridized carbons (Fsp3) is 0.250. The molecule has 0 aliphatic heterocycles. The standard InChI is InChI=1S/C12H11BrN2O2/c1-7-3-4-8(5-10(7)13)11(16)9(6-14)12(17)15-2/h3-5,9H,1-2H3,(H,15,17). The Morgan fingerprint density at radius 1 is 1.47 bits per heavy atom. The molecule has 1 unspecified atom stereocenters. The number of amides is 1. The van der Waals surface area contributed by atoms with Crippen molar-refractivity contribution >= 4 is 27.6 Å². The van der Waals surface area contributed by atoms with E-state index in [0.29, 0.717) is 5.56 Å². The number of carbonyl (C=O) groups is 2. The zero-order chi connectivity index (χ0) is 13.0. The van der Waals surface area contributed by atoms with Crippen LogP contribution in [0.3, 0.4) is 0 Å². The Morgan fingerprint density at radius 3 is 2.59 bits per heavy atom. The van der Waals surface area contributed by atoms with Gasteiger partial charge in [0, 0.05) is 17.1 Å². The van der Waals surface area contributed by atoms with E-state index in [1.165, 1.54) is 7.05 Å². The Hall–Kier alpha value is -1.67. The van der Waals surface area contributed by atoms with Crippen molar-refractivity contribution in [2.75, 3.05) is 7.05 Å². The lowest BCUT2D eigenvalue weighted by atomic mass is 9.97. The summed E-state index contributed by atoms with van der Waals surface area (Å²) >= 11 is 3.30. The van der Waals surface area contributed by atoms with Gasteiger partial charge in [-0.05, 0) is 18.6 Å². The van der Waals surface area contributed by atoms with E-state index in [0.717, 1.165) is 10.0 Å². The van der Waals surface area contributed by atoms with Gasteiger partial charge in [0.25, 0.3) is 0 Å². The molecular formula is C12H11BrN2O2. The number of hydrogen-bond acceptors (Lipinski definition) is 3. The summed E-state index contributed by atoms with van der Waals surface area (Å²) in [6, 6.07) is 6.69. The van der Waals surface area contributed by atoms with Gasteiger partial charge in [0.05, 0.1) is 6.07 Å². The predicted octanol–water partition coefficient (Wildman–Crippen LogP) is 1.83. The number of carbonyl (C=O) groups excluding carboxylic acids is 2. The number of nitriles is 1. The van der Waals surface area contributed by atoms with Crippen LogP contribution in [0, 0.1) is 24.2 Å². The van der Waals surface area contributed by atoms with Gasteiger partial charge in [0.1, 0.15) is 0 Å². The van der Waals surface area contributed by atoms with Crippen molar-refractivity contribution in [3.63, 3.8) is 0 Å². The summed E-state index contributed by atoms with van der Waals surface area (Å²) < 4.78 is 0.775. The van der Waals surface area contributed by atoms with Crippen LogP contribution in [0.15, 0.2) is 22.7 Å². The molecule has 1 amide bonds. The first kappa shape index (κ1) is 13.4. The van der Waals surface area contributed by atoms with E-state index >= 15 is 0 Å². The van der Waals surface area contributed by atoms with Crippen LogP contribution < -0.4 is 5.32 Å². The van der Waals surface area contributed by atoms with Crippen molar-refractivity contribution in [3.8, 4) is 6.07 Å². The van der Waals surface area contributed by atoms with E-state index in [-0.39, 0.29) is 0 Å². The van der Waals surface area contributed by atoms with E-state index in [9.17, 15) is 9.59 Å². The van der Waals surface area contributed by atoms with Crippen LogP contribution in [0.2, 0.25) is 0 Å². The van der Waals surface area contributed by atoms with Gasteiger partial charge in [-0.2, -0.15) is 5.26 Å². The van der Waals surface area contributed by atoms with Crippen LogP contribution in [0.4, 0.5) is 0 Å². The lowest BCUT2D eigenvalue weighted by Crippen LogP contribution is -2.32. The van der Waals surface area contributed by atoms with E-state index in [1.54, 1.807) is 24.3 Å². The van der Waals surface area contributed by atoms with Crippen LogP contribution >= 0.6 is 15.9 Å². The van der Waals surface area contributed by atoms with Crippen molar-refractivity contribution in [1.29, 1.82) is 5.26 Å². The lowest BCUT2D eigenvalue weighted by Gasteiger charge is -2.07.